The largest absolute Gasteiger partial charge is 0.356 e. The Morgan fingerprint density at radius 2 is 0.606 bits per heavy atom. The molecule has 0 radical (unpaired) electrons. The van der Waals surface area contributed by atoms with Crippen molar-refractivity contribution in [3.63, 3.8) is 0 Å². The fraction of sp³-hybridized carbons (Fsp3) is 1.00. The first kappa shape index (κ1) is 32.9. The molecule has 0 aromatic rings. The van der Waals surface area contributed by atoms with E-state index in [9.17, 15) is 0 Å². The highest BCUT2D eigenvalue weighted by Gasteiger charge is 2.20. The number of methoxy groups -OCH3 is 2. The molecule has 0 bridgehead atoms. The molecule has 0 saturated carbocycles. The summed E-state index contributed by atoms with van der Waals surface area (Å²) in [7, 11) is 3.61. The summed E-state index contributed by atoms with van der Waals surface area (Å²) in [5, 5.41) is 0. The predicted molar refractivity (Wildman–Crippen MR) is 148 cm³/mol. The van der Waals surface area contributed by atoms with E-state index in [4.69, 9.17) is 9.47 Å². The van der Waals surface area contributed by atoms with Crippen LogP contribution in [0.4, 0.5) is 0 Å². The van der Waals surface area contributed by atoms with E-state index < -0.39 is 0 Å². The van der Waals surface area contributed by atoms with Gasteiger partial charge in [0.1, 0.15) is 0 Å². The molecule has 2 nitrogen and oxygen atoms in total. The first-order valence-electron chi connectivity index (χ1n) is 15.4. The van der Waals surface area contributed by atoms with Gasteiger partial charge in [0.15, 0.2) is 6.29 Å². The van der Waals surface area contributed by atoms with Crippen molar-refractivity contribution in [2.75, 3.05) is 14.2 Å². The lowest BCUT2D eigenvalue weighted by atomic mass is 9.93. The lowest BCUT2D eigenvalue weighted by molar-refractivity contribution is -0.140. The first-order chi connectivity index (χ1) is 16.3. The Balaban J connectivity index is 3.58. The molecule has 0 aromatic carbocycles. The summed E-state index contributed by atoms with van der Waals surface area (Å²) < 4.78 is 11.3. The monoisotopic (exact) mass is 468 g/mol. The van der Waals surface area contributed by atoms with Crippen LogP contribution >= 0.6 is 0 Å². The van der Waals surface area contributed by atoms with Gasteiger partial charge in [-0.2, -0.15) is 0 Å². The fourth-order valence-electron chi connectivity index (χ4n) is 5.22. The average molecular weight is 469 g/mol. The van der Waals surface area contributed by atoms with Gasteiger partial charge in [0.05, 0.1) is 0 Å². The SMILES string of the molecule is CCCCCCCCCCCCCCCCCCC(CCCCCCCCC)C(OC)OC. The standard InChI is InChI=1S/C31H64O2/c1-5-7-9-11-13-14-15-16-17-18-19-20-21-23-25-27-29-30(31(32-3)33-4)28-26-24-22-12-10-8-6-2/h30-31H,5-29H2,1-4H3. The third kappa shape index (κ3) is 23.4. The number of hydrogen-bond acceptors (Lipinski definition) is 2. The quantitative estimate of drug-likeness (QED) is 0.0839. The first-order valence-corrected chi connectivity index (χ1v) is 15.4. The van der Waals surface area contributed by atoms with Gasteiger partial charge in [-0.15, -0.1) is 0 Å². The zero-order chi connectivity index (χ0) is 24.2. The zero-order valence-corrected chi connectivity index (χ0v) is 23.6. The van der Waals surface area contributed by atoms with Crippen molar-refractivity contribution in [2.45, 2.75) is 181 Å². The van der Waals surface area contributed by atoms with E-state index in [0.29, 0.717) is 5.92 Å². The van der Waals surface area contributed by atoms with Gasteiger partial charge in [0.25, 0.3) is 0 Å². The van der Waals surface area contributed by atoms with Crippen LogP contribution in [0.1, 0.15) is 174 Å². The van der Waals surface area contributed by atoms with Crippen LogP contribution in [-0.4, -0.2) is 20.5 Å². The highest BCUT2D eigenvalue weighted by atomic mass is 16.7. The molecular formula is C31H64O2. The van der Waals surface area contributed by atoms with Crippen molar-refractivity contribution in [1.29, 1.82) is 0 Å². The van der Waals surface area contributed by atoms with Crippen LogP contribution in [-0.2, 0) is 9.47 Å². The topological polar surface area (TPSA) is 18.5 Å². The minimum absolute atomic E-state index is 0.0126. The van der Waals surface area contributed by atoms with Gasteiger partial charge in [0, 0.05) is 20.1 Å². The maximum absolute atomic E-state index is 5.63. The Morgan fingerprint density at radius 3 is 0.848 bits per heavy atom. The molecule has 0 heterocycles. The van der Waals surface area contributed by atoms with Gasteiger partial charge in [0.2, 0.25) is 0 Å². The minimum Gasteiger partial charge on any atom is -0.356 e. The second-order valence-electron chi connectivity index (χ2n) is 10.6. The van der Waals surface area contributed by atoms with Gasteiger partial charge in [-0.3, -0.25) is 0 Å². The van der Waals surface area contributed by atoms with E-state index in [0.717, 1.165) is 0 Å². The van der Waals surface area contributed by atoms with Gasteiger partial charge < -0.3 is 9.47 Å². The molecule has 0 aliphatic carbocycles. The number of unbranched alkanes of at least 4 members (excludes halogenated alkanes) is 21. The fourth-order valence-corrected chi connectivity index (χ4v) is 5.22. The molecule has 1 unspecified atom stereocenters. The summed E-state index contributed by atoms with van der Waals surface area (Å²) in [5.74, 6) is 0.572. The molecule has 0 N–H and O–H groups in total. The van der Waals surface area contributed by atoms with Crippen LogP contribution in [0.25, 0.3) is 0 Å². The van der Waals surface area contributed by atoms with Crippen LogP contribution < -0.4 is 0 Å². The van der Waals surface area contributed by atoms with E-state index in [1.54, 1.807) is 14.2 Å². The van der Waals surface area contributed by atoms with Crippen molar-refractivity contribution >= 4 is 0 Å². The van der Waals surface area contributed by atoms with Crippen molar-refractivity contribution in [2.24, 2.45) is 5.92 Å². The van der Waals surface area contributed by atoms with Crippen molar-refractivity contribution < 1.29 is 9.47 Å². The van der Waals surface area contributed by atoms with Crippen molar-refractivity contribution in [3.05, 3.63) is 0 Å². The van der Waals surface area contributed by atoms with Gasteiger partial charge in [-0.1, -0.05) is 162 Å². The Morgan fingerprint density at radius 1 is 0.364 bits per heavy atom. The molecular weight excluding hydrogens is 404 g/mol. The molecule has 0 aliphatic rings. The normalized spacial score (nSPS) is 12.6. The lowest BCUT2D eigenvalue weighted by Gasteiger charge is -2.25. The summed E-state index contributed by atoms with van der Waals surface area (Å²) in [5.41, 5.74) is 0. The van der Waals surface area contributed by atoms with E-state index in [2.05, 4.69) is 13.8 Å². The maximum atomic E-state index is 5.63. The molecule has 1 atom stereocenters. The van der Waals surface area contributed by atoms with Crippen LogP contribution in [0.5, 0.6) is 0 Å². The molecule has 0 aliphatic heterocycles. The van der Waals surface area contributed by atoms with Gasteiger partial charge in [-0.05, 0) is 12.8 Å². The third-order valence-corrected chi connectivity index (χ3v) is 7.46. The molecule has 0 spiro atoms. The Hall–Kier alpha value is -0.0800. The molecule has 0 aromatic heterocycles. The van der Waals surface area contributed by atoms with E-state index >= 15 is 0 Å². The summed E-state index contributed by atoms with van der Waals surface area (Å²) >= 11 is 0. The molecule has 0 amide bonds. The number of hydrogen-bond donors (Lipinski definition) is 0. The summed E-state index contributed by atoms with van der Waals surface area (Å²) in [6, 6.07) is 0. The number of ether oxygens (including phenoxy) is 2. The molecule has 0 rings (SSSR count). The van der Waals surface area contributed by atoms with Crippen LogP contribution in [0.2, 0.25) is 0 Å². The van der Waals surface area contributed by atoms with E-state index in [-0.39, 0.29) is 6.29 Å². The second kappa shape index (κ2) is 28.2. The maximum Gasteiger partial charge on any atom is 0.159 e. The highest BCUT2D eigenvalue weighted by molar-refractivity contribution is 4.65. The summed E-state index contributed by atoms with van der Waals surface area (Å²) in [4.78, 5) is 0. The summed E-state index contributed by atoms with van der Waals surface area (Å²) in [6.45, 7) is 4.59. The lowest BCUT2D eigenvalue weighted by Crippen LogP contribution is -2.25. The molecule has 0 saturated heterocycles. The molecule has 0 fully saturated rings. The van der Waals surface area contributed by atoms with Gasteiger partial charge in [-0.25, -0.2) is 0 Å². The second-order valence-corrected chi connectivity index (χ2v) is 10.6. The molecule has 33 heavy (non-hydrogen) atoms. The number of rotatable bonds is 28. The van der Waals surface area contributed by atoms with E-state index in [1.807, 2.05) is 0 Å². The molecule has 200 valence electrons. The summed E-state index contributed by atoms with van der Waals surface area (Å²) in [6.07, 6.45) is 35.1. The van der Waals surface area contributed by atoms with E-state index in [1.165, 1.54) is 161 Å². The Bertz CT molecular complexity index is 340. The molecule has 2 heteroatoms. The smallest absolute Gasteiger partial charge is 0.159 e. The highest BCUT2D eigenvalue weighted by Crippen LogP contribution is 2.24. The van der Waals surface area contributed by atoms with Crippen molar-refractivity contribution in [3.8, 4) is 0 Å². The Labute approximate surface area is 210 Å². The van der Waals surface area contributed by atoms with Crippen LogP contribution in [0.3, 0.4) is 0 Å². The van der Waals surface area contributed by atoms with Crippen LogP contribution in [0, 0.1) is 5.92 Å². The van der Waals surface area contributed by atoms with Crippen molar-refractivity contribution in [1.82, 2.24) is 0 Å². The zero-order valence-electron chi connectivity index (χ0n) is 23.6. The van der Waals surface area contributed by atoms with Gasteiger partial charge >= 0.3 is 0 Å². The minimum atomic E-state index is -0.0126. The predicted octanol–water partition coefficient (Wildman–Crippen LogP) is 11.0. The third-order valence-electron chi connectivity index (χ3n) is 7.46. The van der Waals surface area contributed by atoms with Crippen LogP contribution in [0.15, 0.2) is 0 Å². The Kier molecular flexibility index (Phi) is 28.1. The average Bonchev–Trinajstić information content (AvgIpc) is 2.83.